The number of benzene rings is 1. The standard InChI is InChI=1S/C12H17N3O3/c1-18-10-5-2-4-9(8-10)12(16)14-7-3-6-11(13)15-17/h2,4-5,8,17H,3,6-7H2,1H3,(H2,13,15)(H,14,16). The molecule has 0 atom stereocenters. The zero-order chi connectivity index (χ0) is 13.4. The lowest BCUT2D eigenvalue weighted by molar-refractivity contribution is 0.0953. The predicted molar refractivity (Wildman–Crippen MR) is 68.0 cm³/mol. The third kappa shape index (κ3) is 4.32. The average Bonchev–Trinajstić information content (AvgIpc) is 2.43. The lowest BCUT2D eigenvalue weighted by Gasteiger charge is -2.06. The van der Waals surface area contributed by atoms with E-state index in [9.17, 15) is 4.79 Å². The Morgan fingerprint density at radius 2 is 2.33 bits per heavy atom. The number of hydrogen-bond acceptors (Lipinski definition) is 4. The highest BCUT2D eigenvalue weighted by molar-refractivity contribution is 5.94. The average molecular weight is 251 g/mol. The van der Waals surface area contributed by atoms with E-state index in [4.69, 9.17) is 15.7 Å². The number of carbonyl (C=O) groups excluding carboxylic acids is 1. The van der Waals surface area contributed by atoms with E-state index >= 15 is 0 Å². The van der Waals surface area contributed by atoms with Gasteiger partial charge in [-0.3, -0.25) is 4.79 Å². The Balaban J connectivity index is 2.40. The van der Waals surface area contributed by atoms with Gasteiger partial charge in [0.05, 0.1) is 7.11 Å². The fourth-order valence-electron chi connectivity index (χ4n) is 1.39. The minimum Gasteiger partial charge on any atom is -0.497 e. The molecule has 1 amide bonds. The molecule has 0 saturated carbocycles. The van der Waals surface area contributed by atoms with Gasteiger partial charge >= 0.3 is 0 Å². The third-order valence-corrected chi connectivity index (χ3v) is 2.36. The molecule has 4 N–H and O–H groups in total. The molecule has 0 saturated heterocycles. The number of hydrogen-bond donors (Lipinski definition) is 3. The first-order valence-electron chi connectivity index (χ1n) is 5.56. The van der Waals surface area contributed by atoms with Crippen molar-refractivity contribution in [2.24, 2.45) is 10.9 Å². The van der Waals surface area contributed by atoms with Gasteiger partial charge in [0.25, 0.3) is 5.91 Å². The van der Waals surface area contributed by atoms with Gasteiger partial charge in [0.1, 0.15) is 11.6 Å². The van der Waals surface area contributed by atoms with Gasteiger partial charge in [-0.25, -0.2) is 0 Å². The van der Waals surface area contributed by atoms with Crippen molar-refractivity contribution in [2.75, 3.05) is 13.7 Å². The SMILES string of the molecule is COc1cccc(C(=O)NCCCC(N)=NO)c1. The molecule has 0 aliphatic rings. The van der Waals surface area contributed by atoms with Crippen LogP contribution in [0.5, 0.6) is 5.75 Å². The van der Waals surface area contributed by atoms with Crippen LogP contribution in [0.4, 0.5) is 0 Å². The molecule has 0 aromatic heterocycles. The number of oxime groups is 1. The van der Waals surface area contributed by atoms with Crippen LogP contribution in [0.3, 0.4) is 0 Å². The monoisotopic (exact) mass is 251 g/mol. The van der Waals surface area contributed by atoms with Gasteiger partial charge in [-0.05, 0) is 24.6 Å². The molecule has 0 aliphatic heterocycles. The Kier molecular flexibility index (Phi) is 5.50. The van der Waals surface area contributed by atoms with Gasteiger partial charge in [0.2, 0.25) is 0 Å². The number of nitrogens with zero attached hydrogens (tertiary/aromatic N) is 1. The predicted octanol–water partition coefficient (Wildman–Crippen LogP) is 0.952. The van der Waals surface area contributed by atoms with Crippen LogP contribution >= 0.6 is 0 Å². The van der Waals surface area contributed by atoms with Gasteiger partial charge in [-0.2, -0.15) is 0 Å². The molecular formula is C12H17N3O3. The second kappa shape index (κ2) is 7.16. The molecule has 0 fully saturated rings. The molecule has 1 aromatic rings. The van der Waals surface area contributed by atoms with Crippen molar-refractivity contribution < 1.29 is 14.7 Å². The maximum absolute atomic E-state index is 11.7. The Morgan fingerprint density at radius 3 is 3.00 bits per heavy atom. The summed E-state index contributed by atoms with van der Waals surface area (Å²) in [4.78, 5) is 11.7. The summed E-state index contributed by atoms with van der Waals surface area (Å²) in [6, 6.07) is 6.90. The van der Waals surface area contributed by atoms with E-state index < -0.39 is 0 Å². The molecule has 1 rings (SSSR count). The second-order valence-electron chi connectivity index (χ2n) is 3.68. The number of rotatable bonds is 6. The molecule has 0 unspecified atom stereocenters. The fraction of sp³-hybridized carbons (Fsp3) is 0.333. The van der Waals surface area contributed by atoms with Crippen LogP contribution in [0.25, 0.3) is 0 Å². The van der Waals surface area contributed by atoms with Gasteiger partial charge < -0.3 is 21.0 Å². The highest BCUT2D eigenvalue weighted by Gasteiger charge is 2.05. The van der Waals surface area contributed by atoms with Crippen LogP contribution in [0.15, 0.2) is 29.4 Å². The summed E-state index contributed by atoms with van der Waals surface area (Å²) in [5.41, 5.74) is 5.85. The first-order valence-corrected chi connectivity index (χ1v) is 5.56. The summed E-state index contributed by atoms with van der Waals surface area (Å²) in [6.45, 7) is 0.465. The fourth-order valence-corrected chi connectivity index (χ4v) is 1.39. The van der Waals surface area contributed by atoms with Crippen molar-refractivity contribution in [3.8, 4) is 5.75 Å². The Hall–Kier alpha value is -2.24. The van der Waals surface area contributed by atoms with Crippen molar-refractivity contribution >= 4 is 11.7 Å². The zero-order valence-electron chi connectivity index (χ0n) is 10.2. The number of amides is 1. The van der Waals surface area contributed by atoms with Gasteiger partial charge in [-0.15, -0.1) is 0 Å². The van der Waals surface area contributed by atoms with Crippen LogP contribution in [-0.2, 0) is 0 Å². The molecule has 6 nitrogen and oxygen atoms in total. The van der Waals surface area contributed by atoms with E-state index in [1.165, 1.54) is 0 Å². The minimum atomic E-state index is -0.173. The Bertz CT molecular complexity index is 432. The first-order chi connectivity index (χ1) is 8.67. The molecule has 0 radical (unpaired) electrons. The minimum absolute atomic E-state index is 0.158. The largest absolute Gasteiger partial charge is 0.497 e. The molecular weight excluding hydrogens is 234 g/mol. The number of carbonyl (C=O) groups is 1. The lowest BCUT2D eigenvalue weighted by atomic mass is 10.2. The molecule has 0 bridgehead atoms. The normalized spacial score (nSPS) is 11.1. The molecule has 0 spiro atoms. The number of nitrogens with one attached hydrogen (secondary N) is 1. The summed E-state index contributed by atoms with van der Waals surface area (Å²) >= 11 is 0. The highest BCUT2D eigenvalue weighted by Crippen LogP contribution is 2.12. The van der Waals surface area contributed by atoms with Crippen LogP contribution < -0.4 is 15.8 Å². The van der Waals surface area contributed by atoms with Crippen LogP contribution in [0, 0.1) is 0 Å². The van der Waals surface area contributed by atoms with Crippen molar-refractivity contribution in [3.63, 3.8) is 0 Å². The van der Waals surface area contributed by atoms with Gasteiger partial charge in [0, 0.05) is 18.5 Å². The van der Waals surface area contributed by atoms with E-state index in [-0.39, 0.29) is 11.7 Å². The van der Waals surface area contributed by atoms with E-state index in [0.717, 1.165) is 0 Å². The maximum atomic E-state index is 11.7. The third-order valence-electron chi connectivity index (χ3n) is 2.36. The number of amidine groups is 1. The number of ether oxygens (including phenoxy) is 1. The zero-order valence-corrected chi connectivity index (χ0v) is 10.2. The molecule has 0 heterocycles. The van der Waals surface area contributed by atoms with Crippen LogP contribution in [0.2, 0.25) is 0 Å². The summed E-state index contributed by atoms with van der Waals surface area (Å²) in [6.07, 6.45) is 1.06. The number of methoxy groups -OCH3 is 1. The highest BCUT2D eigenvalue weighted by atomic mass is 16.5. The topological polar surface area (TPSA) is 96.9 Å². The van der Waals surface area contributed by atoms with Crippen molar-refractivity contribution in [1.82, 2.24) is 5.32 Å². The molecule has 18 heavy (non-hydrogen) atoms. The molecule has 98 valence electrons. The lowest BCUT2D eigenvalue weighted by Crippen LogP contribution is -2.25. The molecule has 0 aliphatic carbocycles. The summed E-state index contributed by atoms with van der Waals surface area (Å²) in [5, 5.41) is 13.9. The summed E-state index contributed by atoms with van der Waals surface area (Å²) in [5.74, 6) is 0.623. The summed E-state index contributed by atoms with van der Waals surface area (Å²) in [7, 11) is 1.55. The smallest absolute Gasteiger partial charge is 0.251 e. The van der Waals surface area contributed by atoms with E-state index in [2.05, 4.69) is 10.5 Å². The first kappa shape index (κ1) is 13.8. The molecule has 6 heteroatoms. The second-order valence-corrected chi connectivity index (χ2v) is 3.68. The van der Waals surface area contributed by atoms with E-state index in [0.29, 0.717) is 30.7 Å². The van der Waals surface area contributed by atoms with Crippen LogP contribution in [-0.4, -0.2) is 30.6 Å². The van der Waals surface area contributed by atoms with Crippen LogP contribution in [0.1, 0.15) is 23.2 Å². The quantitative estimate of drug-likeness (QED) is 0.230. The van der Waals surface area contributed by atoms with Crippen molar-refractivity contribution in [3.05, 3.63) is 29.8 Å². The van der Waals surface area contributed by atoms with Gasteiger partial charge in [0.15, 0.2) is 0 Å². The Labute approximate surface area is 105 Å². The van der Waals surface area contributed by atoms with Gasteiger partial charge in [-0.1, -0.05) is 11.2 Å². The van der Waals surface area contributed by atoms with E-state index in [1.807, 2.05) is 0 Å². The van der Waals surface area contributed by atoms with Crippen molar-refractivity contribution in [2.45, 2.75) is 12.8 Å². The van der Waals surface area contributed by atoms with E-state index in [1.54, 1.807) is 31.4 Å². The Morgan fingerprint density at radius 1 is 1.56 bits per heavy atom. The molecule has 1 aromatic carbocycles. The van der Waals surface area contributed by atoms with Crippen molar-refractivity contribution in [1.29, 1.82) is 0 Å². The maximum Gasteiger partial charge on any atom is 0.251 e. The summed E-state index contributed by atoms with van der Waals surface area (Å²) < 4.78 is 5.04. The number of nitrogens with two attached hydrogens (primary N) is 1.